The van der Waals surface area contributed by atoms with Gasteiger partial charge in [0.1, 0.15) is 18.2 Å². The molecule has 0 bridgehead atoms. The van der Waals surface area contributed by atoms with Crippen LogP contribution >= 0.6 is 0 Å². The molecule has 3 rings (SSSR count). The first-order chi connectivity index (χ1) is 15.9. The van der Waals surface area contributed by atoms with Gasteiger partial charge in [-0.25, -0.2) is 8.78 Å². The molecule has 1 atom stereocenters. The zero-order chi connectivity index (χ0) is 23.8. The quantitative estimate of drug-likeness (QED) is 0.246. The number of hydrogen-bond acceptors (Lipinski definition) is 3. The predicted octanol–water partition coefficient (Wildman–Crippen LogP) is 7.14. The van der Waals surface area contributed by atoms with Gasteiger partial charge in [0.25, 0.3) is 0 Å². The molecule has 0 saturated heterocycles. The van der Waals surface area contributed by atoms with Crippen molar-refractivity contribution in [2.24, 2.45) is 0 Å². The minimum atomic E-state index is -1.03. The minimum Gasteiger partial charge on any atom is -0.490 e. The highest BCUT2D eigenvalue weighted by molar-refractivity contribution is 5.65. The number of ether oxygens (including phenoxy) is 2. The molecule has 1 unspecified atom stereocenters. The van der Waals surface area contributed by atoms with E-state index in [2.05, 4.69) is 6.58 Å². The lowest BCUT2D eigenvalue weighted by Crippen LogP contribution is -2.02. The first-order valence-corrected chi connectivity index (χ1v) is 10.9. The standard InChI is InChI=1S/C27H27F3O3/c1-3-5-15-32-25-14-13-21(26(29)27(25)30)19-9-7-18(8-10-19)17-33-20-11-12-22(23(28)16-20)24(31)6-4-2/h3,7-14,16,24,31H,1,4-6,15,17H2,2H3. The van der Waals surface area contributed by atoms with Gasteiger partial charge in [0.2, 0.25) is 5.82 Å². The number of hydrogen-bond donors (Lipinski definition) is 1. The van der Waals surface area contributed by atoms with E-state index in [1.165, 1.54) is 24.3 Å². The van der Waals surface area contributed by atoms with Gasteiger partial charge in [-0.15, -0.1) is 6.58 Å². The smallest absolute Gasteiger partial charge is 0.201 e. The van der Waals surface area contributed by atoms with Gasteiger partial charge in [0, 0.05) is 17.2 Å². The Morgan fingerprint density at radius 3 is 2.39 bits per heavy atom. The monoisotopic (exact) mass is 456 g/mol. The van der Waals surface area contributed by atoms with E-state index in [1.54, 1.807) is 36.4 Å². The molecule has 3 aromatic rings. The Bertz CT molecular complexity index is 1080. The molecule has 33 heavy (non-hydrogen) atoms. The van der Waals surface area contributed by atoms with Crippen LogP contribution in [0.4, 0.5) is 13.2 Å². The number of aliphatic hydroxyl groups excluding tert-OH is 1. The van der Waals surface area contributed by atoms with Gasteiger partial charge in [-0.05, 0) is 48.2 Å². The van der Waals surface area contributed by atoms with Gasteiger partial charge in [-0.1, -0.05) is 43.7 Å². The Hall–Kier alpha value is -3.25. The van der Waals surface area contributed by atoms with E-state index in [0.29, 0.717) is 24.2 Å². The highest BCUT2D eigenvalue weighted by atomic mass is 19.2. The molecule has 0 spiro atoms. The Balaban J connectivity index is 1.65. The fourth-order valence-corrected chi connectivity index (χ4v) is 3.36. The van der Waals surface area contributed by atoms with Crippen molar-refractivity contribution >= 4 is 0 Å². The summed E-state index contributed by atoms with van der Waals surface area (Å²) in [5.74, 6) is -2.32. The minimum absolute atomic E-state index is 0.124. The number of benzene rings is 3. The SMILES string of the molecule is C=CCCOc1ccc(-c2ccc(COc3ccc(C(O)CCC)c(F)c3)cc2)c(F)c1F. The summed E-state index contributed by atoms with van der Waals surface area (Å²) in [6, 6.07) is 14.1. The molecule has 0 heterocycles. The molecule has 0 fully saturated rings. The lowest BCUT2D eigenvalue weighted by atomic mass is 10.0. The zero-order valence-corrected chi connectivity index (χ0v) is 18.5. The van der Waals surface area contributed by atoms with E-state index < -0.39 is 23.6 Å². The van der Waals surface area contributed by atoms with E-state index in [9.17, 15) is 18.3 Å². The molecule has 3 nitrogen and oxygen atoms in total. The molecule has 3 aromatic carbocycles. The summed E-state index contributed by atoms with van der Waals surface area (Å²) in [5.41, 5.74) is 1.66. The van der Waals surface area contributed by atoms with Crippen LogP contribution in [-0.2, 0) is 6.61 Å². The molecule has 0 aliphatic carbocycles. The maximum absolute atomic E-state index is 14.5. The molecule has 0 aliphatic heterocycles. The van der Waals surface area contributed by atoms with Crippen molar-refractivity contribution in [3.05, 3.63) is 95.8 Å². The van der Waals surface area contributed by atoms with E-state index in [-0.39, 0.29) is 30.1 Å². The molecular formula is C27H27F3O3. The van der Waals surface area contributed by atoms with E-state index in [4.69, 9.17) is 9.47 Å². The van der Waals surface area contributed by atoms with Crippen molar-refractivity contribution < 1.29 is 27.8 Å². The Morgan fingerprint density at radius 2 is 1.73 bits per heavy atom. The lowest BCUT2D eigenvalue weighted by molar-refractivity contribution is 0.161. The second-order valence-electron chi connectivity index (χ2n) is 7.64. The number of rotatable bonds is 11. The molecule has 0 saturated carbocycles. The fourth-order valence-electron chi connectivity index (χ4n) is 3.36. The van der Waals surface area contributed by atoms with Gasteiger partial charge in [-0.2, -0.15) is 4.39 Å². The van der Waals surface area contributed by atoms with Crippen molar-refractivity contribution in [1.29, 1.82) is 0 Å². The Kier molecular flexibility index (Phi) is 8.55. The Labute approximate surface area is 192 Å². The van der Waals surface area contributed by atoms with Gasteiger partial charge >= 0.3 is 0 Å². The van der Waals surface area contributed by atoms with Gasteiger partial charge in [0.05, 0.1) is 12.7 Å². The second kappa shape index (κ2) is 11.6. The molecule has 6 heteroatoms. The van der Waals surface area contributed by atoms with Crippen LogP contribution in [0.2, 0.25) is 0 Å². The average Bonchev–Trinajstić information content (AvgIpc) is 2.81. The zero-order valence-electron chi connectivity index (χ0n) is 18.5. The second-order valence-corrected chi connectivity index (χ2v) is 7.64. The summed E-state index contributed by atoms with van der Waals surface area (Å²) >= 11 is 0. The highest BCUT2D eigenvalue weighted by Gasteiger charge is 2.16. The summed E-state index contributed by atoms with van der Waals surface area (Å²) < 4.78 is 54.0. The summed E-state index contributed by atoms with van der Waals surface area (Å²) in [5, 5.41) is 9.98. The van der Waals surface area contributed by atoms with Crippen molar-refractivity contribution in [2.45, 2.75) is 38.9 Å². The topological polar surface area (TPSA) is 38.7 Å². The first-order valence-electron chi connectivity index (χ1n) is 10.9. The van der Waals surface area contributed by atoms with E-state index in [1.807, 2.05) is 6.92 Å². The third-order valence-corrected chi connectivity index (χ3v) is 5.19. The van der Waals surface area contributed by atoms with Crippen LogP contribution in [-0.4, -0.2) is 11.7 Å². The number of aliphatic hydroxyl groups is 1. The largest absolute Gasteiger partial charge is 0.490 e. The molecule has 0 amide bonds. The van der Waals surface area contributed by atoms with E-state index in [0.717, 1.165) is 12.0 Å². The van der Waals surface area contributed by atoms with Crippen LogP contribution in [0, 0.1) is 17.5 Å². The molecular weight excluding hydrogens is 429 g/mol. The predicted molar refractivity (Wildman–Crippen MR) is 123 cm³/mol. The summed E-state index contributed by atoms with van der Waals surface area (Å²) in [6.07, 6.45) is 2.56. The summed E-state index contributed by atoms with van der Waals surface area (Å²) in [7, 11) is 0. The van der Waals surface area contributed by atoms with Gasteiger partial charge < -0.3 is 14.6 Å². The van der Waals surface area contributed by atoms with Crippen molar-refractivity contribution in [2.75, 3.05) is 6.61 Å². The lowest BCUT2D eigenvalue weighted by Gasteiger charge is -2.13. The van der Waals surface area contributed by atoms with Crippen LogP contribution in [0.1, 0.15) is 43.4 Å². The third kappa shape index (κ3) is 6.17. The maximum atomic E-state index is 14.5. The number of halogens is 3. The molecule has 0 radical (unpaired) electrons. The summed E-state index contributed by atoms with van der Waals surface area (Å²) in [4.78, 5) is 0. The highest BCUT2D eigenvalue weighted by Crippen LogP contribution is 2.30. The van der Waals surface area contributed by atoms with Gasteiger partial charge in [0.15, 0.2) is 11.6 Å². The van der Waals surface area contributed by atoms with Crippen LogP contribution < -0.4 is 9.47 Å². The normalized spacial score (nSPS) is 11.8. The van der Waals surface area contributed by atoms with Crippen molar-refractivity contribution in [3.63, 3.8) is 0 Å². The van der Waals surface area contributed by atoms with Crippen molar-refractivity contribution in [1.82, 2.24) is 0 Å². The van der Waals surface area contributed by atoms with Crippen LogP contribution in [0.3, 0.4) is 0 Å². The average molecular weight is 457 g/mol. The molecule has 0 aromatic heterocycles. The van der Waals surface area contributed by atoms with Crippen LogP contribution in [0.5, 0.6) is 11.5 Å². The van der Waals surface area contributed by atoms with E-state index >= 15 is 0 Å². The summed E-state index contributed by atoms with van der Waals surface area (Å²) in [6.45, 7) is 5.87. The molecule has 174 valence electrons. The van der Waals surface area contributed by atoms with Gasteiger partial charge in [-0.3, -0.25) is 0 Å². The maximum Gasteiger partial charge on any atom is 0.201 e. The third-order valence-electron chi connectivity index (χ3n) is 5.19. The molecule has 1 N–H and O–H groups in total. The van der Waals surface area contributed by atoms with Crippen molar-refractivity contribution in [3.8, 4) is 22.6 Å². The fraction of sp³-hybridized carbons (Fsp3) is 0.259. The van der Waals surface area contributed by atoms with Crippen LogP contribution in [0.15, 0.2) is 67.3 Å². The van der Waals surface area contributed by atoms with Crippen LogP contribution in [0.25, 0.3) is 11.1 Å². The Morgan fingerprint density at radius 1 is 0.970 bits per heavy atom. The first kappa shape index (κ1) is 24.4. The molecule has 0 aliphatic rings.